The highest BCUT2D eigenvalue weighted by molar-refractivity contribution is 5.94. The van der Waals surface area contributed by atoms with Gasteiger partial charge in [-0.3, -0.25) is 9.78 Å². The fourth-order valence-corrected chi connectivity index (χ4v) is 5.75. The number of aliphatic hydroxyl groups is 1. The minimum Gasteiger partial charge on any atom is -0.383 e. The smallest absolute Gasteiger partial charge is 0.253 e. The Balaban J connectivity index is 1.23. The summed E-state index contributed by atoms with van der Waals surface area (Å²) in [6, 6.07) is 13.8. The van der Waals surface area contributed by atoms with Gasteiger partial charge in [0.05, 0.1) is 5.52 Å². The van der Waals surface area contributed by atoms with Crippen molar-refractivity contribution in [1.29, 1.82) is 0 Å². The number of carbonyl (C=O) groups is 1. The van der Waals surface area contributed by atoms with Gasteiger partial charge in [-0.15, -0.1) is 6.42 Å². The Morgan fingerprint density at radius 1 is 1.09 bits per heavy atom. The number of nitrogens with one attached hydrogen (secondary N) is 1. The highest BCUT2D eigenvalue weighted by Crippen LogP contribution is 2.53. The second kappa shape index (κ2) is 8.37. The van der Waals surface area contributed by atoms with E-state index in [1.807, 2.05) is 6.07 Å². The number of amides is 1. The minimum atomic E-state index is -1.03. The lowest BCUT2D eigenvalue weighted by atomic mass is 9.89. The van der Waals surface area contributed by atoms with Crippen molar-refractivity contribution in [3.8, 4) is 12.3 Å². The van der Waals surface area contributed by atoms with Crippen molar-refractivity contribution in [2.45, 2.75) is 37.7 Å². The number of nitrogens with zero attached hydrogens (tertiary/aromatic N) is 1. The predicted molar refractivity (Wildman–Crippen MR) is 122 cm³/mol. The van der Waals surface area contributed by atoms with Gasteiger partial charge in [0.1, 0.15) is 11.9 Å². The summed E-state index contributed by atoms with van der Waals surface area (Å²) in [4.78, 5) is 17.0. The lowest BCUT2D eigenvalue weighted by molar-refractivity contribution is -0.126. The molecule has 5 heteroatoms. The number of rotatable bonds is 4. The largest absolute Gasteiger partial charge is 0.383 e. The summed E-state index contributed by atoms with van der Waals surface area (Å²) in [6.45, 7) is 0. The van der Waals surface area contributed by atoms with Crippen LogP contribution in [-0.2, 0) is 4.79 Å². The maximum absolute atomic E-state index is 13.8. The van der Waals surface area contributed by atoms with Crippen LogP contribution < -0.4 is 5.32 Å². The Hall–Kier alpha value is -3.23. The molecular weight excluding hydrogens is 403 g/mol. The van der Waals surface area contributed by atoms with Gasteiger partial charge in [-0.25, -0.2) is 4.39 Å². The van der Waals surface area contributed by atoms with E-state index >= 15 is 0 Å². The van der Waals surface area contributed by atoms with E-state index in [-0.39, 0.29) is 17.6 Å². The highest BCUT2D eigenvalue weighted by atomic mass is 19.1. The van der Waals surface area contributed by atoms with Crippen molar-refractivity contribution in [2.75, 3.05) is 5.32 Å². The maximum Gasteiger partial charge on any atom is 0.253 e. The average Bonchev–Trinajstić information content (AvgIpc) is 3.38. The molecule has 5 rings (SSSR count). The summed E-state index contributed by atoms with van der Waals surface area (Å²) in [7, 11) is 0. The molecule has 2 saturated carbocycles. The molecule has 1 unspecified atom stereocenters. The lowest BCUT2D eigenvalue weighted by Crippen LogP contribution is -2.33. The lowest BCUT2D eigenvalue weighted by Gasteiger charge is -2.20. The molecule has 2 fully saturated rings. The molecule has 2 aromatic carbocycles. The van der Waals surface area contributed by atoms with E-state index in [2.05, 4.69) is 16.2 Å². The first-order valence-electron chi connectivity index (χ1n) is 11.1. The van der Waals surface area contributed by atoms with Crippen molar-refractivity contribution >= 4 is 22.5 Å². The van der Waals surface area contributed by atoms with Crippen LogP contribution >= 0.6 is 0 Å². The van der Waals surface area contributed by atoms with Crippen molar-refractivity contribution in [1.82, 2.24) is 4.98 Å². The first-order chi connectivity index (χ1) is 15.5. The minimum absolute atomic E-state index is 0.0393. The normalized spacial score (nSPS) is 25.3. The second-order valence-corrected chi connectivity index (χ2v) is 9.14. The van der Waals surface area contributed by atoms with Gasteiger partial charge < -0.3 is 10.4 Å². The third kappa shape index (κ3) is 3.87. The number of benzene rings is 2. The standard InChI is InChI=1S/C27H25FN2O2/c1-2-16-3-6-22(7-4-16)30-27(32)26(31)20-13-17-11-19(12-18(17)14-20)23-9-10-29-25-8-5-21(28)15-24(23)25/h1,3-10,15,17-20,26,31H,11-14H2,(H,30,32)/t17-,18+,19-,20+,26?. The summed E-state index contributed by atoms with van der Waals surface area (Å²) in [6.07, 6.45) is 9.81. The summed E-state index contributed by atoms with van der Waals surface area (Å²) in [5.74, 6) is 3.20. The molecule has 2 N–H and O–H groups in total. The fraction of sp³-hybridized carbons (Fsp3) is 0.333. The Morgan fingerprint density at radius 3 is 2.50 bits per heavy atom. The van der Waals surface area contributed by atoms with Crippen molar-refractivity contribution in [2.24, 2.45) is 17.8 Å². The molecular formula is C27H25FN2O2. The molecule has 1 amide bonds. The molecule has 5 atom stereocenters. The quantitative estimate of drug-likeness (QED) is 0.583. The van der Waals surface area contributed by atoms with Gasteiger partial charge in [0, 0.05) is 22.8 Å². The van der Waals surface area contributed by atoms with Gasteiger partial charge in [-0.1, -0.05) is 5.92 Å². The Morgan fingerprint density at radius 2 is 1.81 bits per heavy atom. The number of hydrogen-bond donors (Lipinski definition) is 2. The topological polar surface area (TPSA) is 62.2 Å². The zero-order chi connectivity index (χ0) is 22.2. The monoisotopic (exact) mass is 428 g/mol. The van der Waals surface area contributed by atoms with Gasteiger partial charge in [-0.05, 0) is 103 Å². The van der Waals surface area contributed by atoms with Crippen LogP contribution in [0, 0.1) is 35.9 Å². The van der Waals surface area contributed by atoms with E-state index in [1.165, 1.54) is 6.07 Å². The number of halogens is 1. The predicted octanol–water partition coefficient (Wildman–Crippen LogP) is 4.87. The van der Waals surface area contributed by atoms with Crippen molar-refractivity contribution in [3.63, 3.8) is 0 Å². The SMILES string of the molecule is C#Cc1ccc(NC(=O)C(O)[C@H]2C[C@H]3C[C@@H](c4ccnc5ccc(F)cc45)C[C@H]3C2)cc1. The number of terminal acetylenes is 1. The van der Waals surface area contributed by atoms with Crippen LogP contribution in [0.3, 0.4) is 0 Å². The number of aromatic nitrogens is 1. The summed E-state index contributed by atoms with van der Waals surface area (Å²) in [5, 5.41) is 14.4. The molecule has 2 aliphatic carbocycles. The summed E-state index contributed by atoms with van der Waals surface area (Å²) < 4.78 is 13.8. The van der Waals surface area contributed by atoms with Crippen LogP contribution in [0.5, 0.6) is 0 Å². The number of pyridine rings is 1. The second-order valence-electron chi connectivity index (χ2n) is 9.14. The Bertz CT molecular complexity index is 1190. The van der Waals surface area contributed by atoms with E-state index < -0.39 is 6.10 Å². The van der Waals surface area contributed by atoms with E-state index in [9.17, 15) is 14.3 Å². The number of aliphatic hydroxyl groups excluding tert-OH is 1. The van der Waals surface area contributed by atoms with Crippen LogP contribution in [0.1, 0.15) is 42.7 Å². The number of fused-ring (bicyclic) bond motifs is 2. The summed E-state index contributed by atoms with van der Waals surface area (Å²) >= 11 is 0. The first kappa shape index (κ1) is 20.7. The van der Waals surface area contributed by atoms with E-state index in [1.54, 1.807) is 42.6 Å². The highest BCUT2D eigenvalue weighted by Gasteiger charge is 2.45. The molecule has 0 aliphatic heterocycles. The van der Waals surface area contributed by atoms with Gasteiger partial charge >= 0.3 is 0 Å². The third-order valence-electron chi connectivity index (χ3n) is 7.26. The molecule has 3 aromatic rings. The summed E-state index contributed by atoms with van der Waals surface area (Å²) in [5.41, 5.74) is 3.35. The van der Waals surface area contributed by atoms with Crippen LogP contribution in [0.15, 0.2) is 54.7 Å². The zero-order valence-corrected chi connectivity index (χ0v) is 17.7. The van der Waals surface area contributed by atoms with E-state index in [4.69, 9.17) is 6.42 Å². The molecule has 1 aromatic heterocycles. The zero-order valence-electron chi connectivity index (χ0n) is 17.7. The van der Waals surface area contributed by atoms with Gasteiger partial charge in [0.15, 0.2) is 0 Å². The van der Waals surface area contributed by atoms with Crippen LogP contribution in [0.25, 0.3) is 10.9 Å². The van der Waals surface area contributed by atoms with Gasteiger partial charge in [0.2, 0.25) is 0 Å². The molecule has 0 radical (unpaired) electrons. The van der Waals surface area contributed by atoms with Crippen molar-refractivity contribution in [3.05, 3.63) is 71.7 Å². The third-order valence-corrected chi connectivity index (χ3v) is 7.26. The molecule has 0 saturated heterocycles. The maximum atomic E-state index is 13.8. The van der Waals surface area contributed by atoms with E-state index in [0.717, 1.165) is 47.7 Å². The molecule has 32 heavy (non-hydrogen) atoms. The van der Waals surface area contributed by atoms with Gasteiger partial charge in [0.25, 0.3) is 5.91 Å². The molecule has 2 aliphatic rings. The van der Waals surface area contributed by atoms with Crippen LogP contribution in [0.2, 0.25) is 0 Å². The Kier molecular flexibility index (Phi) is 5.40. The average molecular weight is 429 g/mol. The molecule has 0 spiro atoms. The molecule has 4 nitrogen and oxygen atoms in total. The van der Waals surface area contributed by atoms with Crippen molar-refractivity contribution < 1.29 is 14.3 Å². The first-order valence-corrected chi connectivity index (χ1v) is 11.1. The fourth-order valence-electron chi connectivity index (χ4n) is 5.75. The molecule has 1 heterocycles. The molecule has 162 valence electrons. The Labute approximate surface area is 186 Å². The van der Waals surface area contributed by atoms with E-state index in [0.29, 0.717) is 23.4 Å². The van der Waals surface area contributed by atoms with Gasteiger partial charge in [-0.2, -0.15) is 0 Å². The van der Waals surface area contributed by atoms with Crippen LogP contribution in [-0.4, -0.2) is 22.1 Å². The number of anilines is 1. The molecule has 0 bridgehead atoms. The van der Waals surface area contributed by atoms with Crippen LogP contribution in [0.4, 0.5) is 10.1 Å². The number of hydrogen-bond acceptors (Lipinski definition) is 3. The number of carbonyl (C=O) groups excluding carboxylic acids is 1.